The van der Waals surface area contributed by atoms with Crippen molar-refractivity contribution >= 4 is 11.6 Å². The molecule has 0 aliphatic carbocycles. The van der Waals surface area contributed by atoms with Gasteiger partial charge in [0.25, 0.3) is 5.91 Å². The number of aromatic nitrogens is 2. The van der Waals surface area contributed by atoms with Crippen molar-refractivity contribution in [2.24, 2.45) is 5.73 Å². The van der Waals surface area contributed by atoms with Crippen LogP contribution in [0, 0.1) is 6.92 Å². The summed E-state index contributed by atoms with van der Waals surface area (Å²) in [6, 6.07) is 12.9. The van der Waals surface area contributed by atoms with Crippen molar-refractivity contribution in [3.63, 3.8) is 0 Å². The molecule has 1 atom stereocenters. The number of fused-ring (bicyclic) bond motifs is 1. The summed E-state index contributed by atoms with van der Waals surface area (Å²) in [5, 5.41) is 2.84. The van der Waals surface area contributed by atoms with E-state index in [2.05, 4.69) is 10.3 Å². The van der Waals surface area contributed by atoms with Gasteiger partial charge >= 0.3 is 0 Å². The molecular weight excluding hydrogens is 304 g/mol. The summed E-state index contributed by atoms with van der Waals surface area (Å²) in [7, 11) is 1.62. The van der Waals surface area contributed by atoms with Gasteiger partial charge in [-0.1, -0.05) is 18.2 Å². The Labute approximate surface area is 140 Å². The average molecular weight is 324 g/mol. The molecule has 6 heteroatoms. The summed E-state index contributed by atoms with van der Waals surface area (Å²) in [5.74, 6) is 0.539. The summed E-state index contributed by atoms with van der Waals surface area (Å²) < 4.78 is 7.01. The van der Waals surface area contributed by atoms with E-state index < -0.39 is 0 Å². The number of pyridine rings is 1. The Morgan fingerprint density at radius 3 is 2.71 bits per heavy atom. The van der Waals surface area contributed by atoms with Crippen LogP contribution in [0.4, 0.5) is 0 Å². The van der Waals surface area contributed by atoms with Crippen molar-refractivity contribution in [1.29, 1.82) is 0 Å². The molecule has 0 fully saturated rings. The number of ether oxygens (including phenoxy) is 1. The van der Waals surface area contributed by atoms with E-state index in [4.69, 9.17) is 10.5 Å². The second-order valence-electron chi connectivity index (χ2n) is 5.61. The van der Waals surface area contributed by atoms with E-state index >= 15 is 0 Å². The second kappa shape index (κ2) is 6.72. The number of nitrogens with one attached hydrogen (secondary N) is 1. The quantitative estimate of drug-likeness (QED) is 0.753. The van der Waals surface area contributed by atoms with Gasteiger partial charge in [0.15, 0.2) is 0 Å². The summed E-state index contributed by atoms with van der Waals surface area (Å²) in [4.78, 5) is 16.6. The monoisotopic (exact) mass is 324 g/mol. The predicted octanol–water partition coefficient (Wildman–Crippen LogP) is 2.08. The van der Waals surface area contributed by atoms with Gasteiger partial charge in [0.1, 0.15) is 17.1 Å². The van der Waals surface area contributed by atoms with Crippen LogP contribution in [0.25, 0.3) is 5.65 Å². The lowest BCUT2D eigenvalue weighted by Gasteiger charge is -2.13. The second-order valence-corrected chi connectivity index (χ2v) is 5.61. The molecule has 6 nitrogen and oxygen atoms in total. The van der Waals surface area contributed by atoms with Crippen molar-refractivity contribution in [2.45, 2.75) is 13.0 Å². The fourth-order valence-corrected chi connectivity index (χ4v) is 2.52. The summed E-state index contributed by atoms with van der Waals surface area (Å²) in [6.07, 6.45) is 1.74. The molecule has 0 saturated heterocycles. The third kappa shape index (κ3) is 3.23. The molecule has 3 aromatic rings. The molecule has 0 radical (unpaired) electrons. The SMILES string of the molecule is COc1ccc(C(N)CNC(=O)c2cn3c(C)cccc3n2)cc1. The molecule has 0 aliphatic rings. The van der Waals surface area contributed by atoms with Crippen LogP contribution in [0.1, 0.15) is 27.8 Å². The first-order valence-electron chi connectivity index (χ1n) is 7.71. The minimum Gasteiger partial charge on any atom is -0.497 e. The number of carbonyl (C=O) groups excluding carboxylic acids is 1. The van der Waals surface area contributed by atoms with Gasteiger partial charge in [0.05, 0.1) is 7.11 Å². The van der Waals surface area contributed by atoms with Gasteiger partial charge < -0.3 is 20.2 Å². The number of hydrogen-bond acceptors (Lipinski definition) is 4. The van der Waals surface area contributed by atoms with Crippen LogP contribution < -0.4 is 15.8 Å². The van der Waals surface area contributed by atoms with Crippen molar-refractivity contribution < 1.29 is 9.53 Å². The molecule has 1 unspecified atom stereocenters. The highest BCUT2D eigenvalue weighted by Gasteiger charge is 2.13. The molecule has 3 rings (SSSR count). The Balaban J connectivity index is 1.66. The van der Waals surface area contributed by atoms with Crippen molar-refractivity contribution in [1.82, 2.24) is 14.7 Å². The van der Waals surface area contributed by atoms with Crippen LogP contribution in [0.3, 0.4) is 0 Å². The fraction of sp³-hybridized carbons (Fsp3) is 0.222. The van der Waals surface area contributed by atoms with Gasteiger partial charge in [0, 0.05) is 24.5 Å². The highest BCUT2D eigenvalue weighted by molar-refractivity contribution is 5.92. The Kier molecular flexibility index (Phi) is 4.48. The number of hydrogen-bond donors (Lipinski definition) is 2. The molecule has 2 heterocycles. The summed E-state index contributed by atoms with van der Waals surface area (Å²) in [6.45, 7) is 2.30. The number of benzene rings is 1. The van der Waals surface area contributed by atoms with Crippen LogP contribution >= 0.6 is 0 Å². The lowest BCUT2D eigenvalue weighted by Crippen LogP contribution is -2.32. The van der Waals surface area contributed by atoms with Gasteiger partial charge in [-0.15, -0.1) is 0 Å². The normalized spacial score (nSPS) is 12.1. The molecule has 2 aromatic heterocycles. The Hall–Kier alpha value is -2.86. The third-order valence-corrected chi connectivity index (χ3v) is 3.96. The number of rotatable bonds is 5. The Morgan fingerprint density at radius 1 is 1.29 bits per heavy atom. The number of imidazole rings is 1. The largest absolute Gasteiger partial charge is 0.497 e. The lowest BCUT2D eigenvalue weighted by atomic mass is 10.1. The Bertz CT molecular complexity index is 855. The van der Waals surface area contributed by atoms with E-state index in [1.165, 1.54) is 0 Å². The molecule has 124 valence electrons. The first kappa shape index (κ1) is 16.0. The average Bonchev–Trinajstić information content (AvgIpc) is 3.05. The topological polar surface area (TPSA) is 81.6 Å². The van der Waals surface area contributed by atoms with E-state index in [9.17, 15) is 4.79 Å². The van der Waals surface area contributed by atoms with E-state index in [-0.39, 0.29) is 11.9 Å². The van der Waals surface area contributed by atoms with E-state index in [1.54, 1.807) is 13.3 Å². The molecule has 1 aromatic carbocycles. The maximum Gasteiger partial charge on any atom is 0.271 e. The van der Waals surface area contributed by atoms with Gasteiger partial charge in [-0.25, -0.2) is 4.98 Å². The fourth-order valence-electron chi connectivity index (χ4n) is 2.52. The van der Waals surface area contributed by atoms with Crippen molar-refractivity contribution in [3.8, 4) is 5.75 Å². The molecule has 0 saturated carbocycles. The first-order valence-corrected chi connectivity index (χ1v) is 7.71. The lowest BCUT2D eigenvalue weighted by molar-refractivity contribution is 0.0947. The maximum atomic E-state index is 12.3. The van der Waals surface area contributed by atoms with Crippen molar-refractivity contribution in [2.75, 3.05) is 13.7 Å². The van der Waals surface area contributed by atoms with E-state index in [0.29, 0.717) is 12.2 Å². The van der Waals surface area contributed by atoms with E-state index in [1.807, 2.05) is 53.8 Å². The minimum absolute atomic E-state index is 0.234. The number of methoxy groups -OCH3 is 1. The van der Waals surface area contributed by atoms with Crippen LogP contribution in [0.5, 0.6) is 5.75 Å². The Morgan fingerprint density at radius 2 is 2.04 bits per heavy atom. The smallest absolute Gasteiger partial charge is 0.271 e. The zero-order chi connectivity index (χ0) is 17.1. The number of amides is 1. The van der Waals surface area contributed by atoms with Gasteiger partial charge in [-0.05, 0) is 36.8 Å². The number of aryl methyl sites for hydroxylation is 1. The molecule has 0 spiro atoms. The van der Waals surface area contributed by atoms with Gasteiger partial charge in [0.2, 0.25) is 0 Å². The molecule has 24 heavy (non-hydrogen) atoms. The number of carbonyl (C=O) groups is 1. The zero-order valence-electron chi connectivity index (χ0n) is 13.7. The highest BCUT2D eigenvalue weighted by atomic mass is 16.5. The van der Waals surface area contributed by atoms with Crippen LogP contribution in [-0.2, 0) is 0 Å². The minimum atomic E-state index is -0.293. The zero-order valence-corrected chi connectivity index (χ0v) is 13.7. The molecule has 0 bridgehead atoms. The summed E-state index contributed by atoms with van der Waals surface area (Å²) in [5.41, 5.74) is 9.22. The molecular formula is C18H20N4O2. The maximum absolute atomic E-state index is 12.3. The van der Waals surface area contributed by atoms with Crippen molar-refractivity contribution in [3.05, 3.63) is 65.6 Å². The molecule has 1 amide bonds. The summed E-state index contributed by atoms with van der Waals surface area (Å²) >= 11 is 0. The highest BCUT2D eigenvalue weighted by Crippen LogP contribution is 2.16. The molecule has 3 N–H and O–H groups in total. The van der Waals surface area contributed by atoms with E-state index in [0.717, 1.165) is 22.7 Å². The predicted molar refractivity (Wildman–Crippen MR) is 92.2 cm³/mol. The third-order valence-electron chi connectivity index (χ3n) is 3.96. The molecule has 0 aliphatic heterocycles. The first-order chi connectivity index (χ1) is 11.6. The number of nitrogens with zero attached hydrogens (tertiary/aromatic N) is 2. The number of nitrogens with two attached hydrogens (primary N) is 1. The van der Waals surface area contributed by atoms with Gasteiger partial charge in [-0.3, -0.25) is 4.79 Å². The van der Waals surface area contributed by atoms with Crippen LogP contribution in [0.15, 0.2) is 48.7 Å². The standard InChI is InChI=1S/C18H20N4O2/c1-12-4-3-5-17-21-16(11-22(12)17)18(23)20-10-15(19)13-6-8-14(24-2)9-7-13/h3-9,11,15H,10,19H2,1-2H3,(H,20,23). The van der Waals surface area contributed by atoms with Gasteiger partial charge in [-0.2, -0.15) is 0 Å². The van der Waals surface area contributed by atoms with Crippen LogP contribution in [-0.4, -0.2) is 28.9 Å². The van der Waals surface area contributed by atoms with Crippen LogP contribution in [0.2, 0.25) is 0 Å².